The third-order valence-electron chi connectivity index (χ3n) is 11.6. The fourth-order valence-electron chi connectivity index (χ4n) is 8.32. The summed E-state index contributed by atoms with van der Waals surface area (Å²) in [6, 6.07) is 64.3. The van der Waals surface area contributed by atoms with E-state index in [4.69, 9.17) is 9.98 Å². The van der Waals surface area contributed by atoms with Gasteiger partial charge in [-0.3, -0.25) is 15.0 Å². The van der Waals surface area contributed by atoms with E-state index in [-0.39, 0.29) is 0 Å². The molecule has 0 amide bonds. The lowest BCUT2D eigenvalue weighted by Gasteiger charge is -2.13. The van der Waals surface area contributed by atoms with E-state index in [0.29, 0.717) is 12.3 Å². The number of amidine groups is 1. The standard InChI is InChI=1S/C58H43N5/c1-2-40-36-56(50-21-6-15-44(33-50)41-12-3-18-47(30-41)53-24-9-27-59-37-53)62-58(52-23-8-17-46(35-52)43-14-5-20-49(32-43)55-26-11-29-61-39-55)63-57(40)51-22-7-16-45(34-51)42-13-4-19-48(31-42)54-25-10-28-60-38-54/h3-35,37-39H,2,36H2,1H3. The van der Waals surface area contributed by atoms with E-state index < -0.39 is 0 Å². The van der Waals surface area contributed by atoms with Gasteiger partial charge in [0.1, 0.15) is 0 Å². The smallest absolute Gasteiger partial charge is 0.160 e. The lowest BCUT2D eigenvalue weighted by Crippen LogP contribution is -2.06. The summed E-state index contributed by atoms with van der Waals surface area (Å²) in [6.07, 6.45) is 12.6. The average molecular weight is 810 g/mol. The highest BCUT2D eigenvalue weighted by Gasteiger charge is 2.20. The van der Waals surface area contributed by atoms with Gasteiger partial charge in [-0.2, -0.15) is 0 Å². The molecule has 0 radical (unpaired) electrons. The lowest BCUT2D eigenvalue weighted by atomic mass is 9.93. The van der Waals surface area contributed by atoms with Crippen LogP contribution in [0.25, 0.3) is 72.5 Å². The minimum atomic E-state index is 0.658. The Bertz CT molecular complexity index is 3170. The molecule has 0 aliphatic carbocycles. The zero-order chi connectivity index (χ0) is 42.4. The molecule has 0 saturated heterocycles. The Morgan fingerprint density at radius 2 is 0.651 bits per heavy atom. The highest BCUT2D eigenvalue weighted by atomic mass is 14.9. The number of benzene rings is 6. The largest absolute Gasteiger partial charge is 0.264 e. The van der Waals surface area contributed by atoms with Crippen LogP contribution >= 0.6 is 0 Å². The van der Waals surface area contributed by atoms with Gasteiger partial charge in [0, 0.05) is 71.4 Å². The highest BCUT2D eigenvalue weighted by Crippen LogP contribution is 2.35. The first-order chi connectivity index (χ1) is 31.1. The van der Waals surface area contributed by atoms with E-state index in [1.54, 1.807) is 6.20 Å². The van der Waals surface area contributed by atoms with Gasteiger partial charge >= 0.3 is 0 Å². The average Bonchev–Trinajstić information content (AvgIpc) is 3.58. The summed E-state index contributed by atoms with van der Waals surface area (Å²) in [6.45, 7) is 2.23. The predicted molar refractivity (Wildman–Crippen MR) is 260 cm³/mol. The maximum absolute atomic E-state index is 5.56. The fraction of sp³-hybridized carbons (Fsp3) is 0.0517. The first-order valence-corrected chi connectivity index (χ1v) is 21.4. The van der Waals surface area contributed by atoms with Crippen LogP contribution in [0.1, 0.15) is 36.5 Å². The number of hydrogen-bond acceptors (Lipinski definition) is 5. The summed E-state index contributed by atoms with van der Waals surface area (Å²) >= 11 is 0. The molecule has 10 rings (SSSR count). The van der Waals surface area contributed by atoms with E-state index in [1.165, 1.54) is 5.57 Å². The predicted octanol–water partition coefficient (Wildman–Crippen LogP) is 14.3. The summed E-state index contributed by atoms with van der Waals surface area (Å²) in [7, 11) is 0. The van der Waals surface area contributed by atoms with Crippen LogP contribution in [0.15, 0.2) is 235 Å². The molecule has 6 aromatic carbocycles. The van der Waals surface area contributed by atoms with E-state index in [0.717, 1.165) is 101 Å². The molecule has 3 aromatic heterocycles. The number of pyridine rings is 3. The van der Waals surface area contributed by atoms with Gasteiger partial charge in [0.25, 0.3) is 0 Å². The van der Waals surface area contributed by atoms with Crippen LogP contribution in [0.5, 0.6) is 0 Å². The Morgan fingerprint density at radius 1 is 0.333 bits per heavy atom. The Balaban J connectivity index is 1.08. The van der Waals surface area contributed by atoms with Crippen LogP contribution in [0.3, 0.4) is 0 Å². The van der Waals surface area contributed by atoms with Gasteiger partial charge in [-0.1, -0.05) is 134 Å². The van der Waals surface area contributed by atoms with Crippen LogP contribution in [0.2, 0.25) is 0 Å². The molecule has 4 heterocycles. The summed E-state index contributed by atoms with van der Waals surface area (Å²) in [5.74, 6) is 0.682. The molecule has 300 valence electrons. The number of allylic oxidation sites excluding steroid dienone is 1. The van der Waals surface area contributed by atoms with Gasteiger partial charge < -0.3 is 0 Å². The van der Waals surface area contributed by atoms with Gasteiger partial charge in [0.05, 0.1) is 11.4 Å². The van der Waals surface area contributed by atoms with Gasteiger partial charge in [-0.05, 0) is 122 Å². The van der Waals surface area contributed by atoms with Crippen LogP contribution in [0, 0.1) is 0 Å². The molecule has 0 unspecified atom stereocenters. The summed E-state index contributed by atoms with van der Waals surface area (Å²) < 4.78 is 0. The molecule has 0 bridgehead atoms. The maximum atomic E-state index is 5.56. The van der Waals surface area contributed by atoms with E-state index in [9.17, 15) is 0 Å². The summed E-state index contributed by atoms with van der Waals surface area (Å²) in [5.41, 5.74) is 19.6. The van der Waals surface area contributed by atoms with E-state index >= 15 is 0 Å². The van der Waals surface area contributed by atoms with Crippen LogP contribution in [0.4, 0.5) is 0 Å². The van der Waals surface area contributed by atoms with Crippen molar-refractivity contribution in [2.24, 2.45) is 9.98 Å². The first kappa shape index (κ1) is 39.0. The third-order valence-corrected chi connectivity index (χ3v) is 11.6. The molecule has 5 heteroatoms. The topological polar surface area (TPSA) is 63.4 Å². The third kappa shape index (κ3) is 8.59. The van der Waals surface area contributed by atoms with Gasteiger partial charge in [-0.15, -0.1) is 0 Å². The molecule has 5 nitrogen and oxygen atoms in total. The lowest BCUT2D eigenvalue weighted by molar-refractivity contribution is 1.05. The summed E-state index contributed by atoms with van der Waals surface area (Å²) in [4.78, 5) is 24.2. The molecular weight excluding hydrogens is 767 g/mol. The quantitative estimate of drug-likeness (QED) is 0.138. The minimum Gasteiger partial charge on any atom is -0.264 e. The SMILES string of the molecule is CCC1=C(c2cccc(-c3cccc(-c4cccnc4)c3)c2)N=C(c2cccc(-c3cccc(-c4cccnc4)c3)c2)N=C(c2cccc(-c3cccc(-c4cccnc4)c3)c2)C1. The monoisotopic (exact) mass is 809 g/mol. The fourth-order valence-corrected chi connectivity index (χ4v) is 8.32. The van der Waals surface area contributed by atoms with Crippen LogP contribution < -0.4 is 0 Å². The number of aliphatic imine (C=N–C) groups is 2. The molecular formula is C58H43N5. The van der Waals surface area contributed by atoms with Gasteiger partial charge in [0.15, 0.2) is 5.84 Å². The Morgan fingerprint density at radius 3 is 1.05 bits per heavy atom. The normalized spacial score (nSPS) is 12.7. The zero-order valence-corrected chi connectivity index (χ0v) is 34.9. The zero-order valence-electron chi connectivity index (χ0n) is 34.9. The van der Waals surface area contributed by atoms with Crippen molar-refractivity contribution in [3.05, 3.63) is 241 Å². The highest BCUT2D eigenvalue weighted by molar-refractivity contribution is 6.16. The number of aromatic nitrogens is 3. The molecule has 1 aliphatic rings. The summed E-state index contributed by atoms with van der Waals surface area (Å²) in [5, 5.41) is 0. The molecule has 0 atom stereocenters. The van der Waals surface area contributed by atoms with Gasteiger partial charge in [-0.25, -0.2) is 9.98 Å². The number of rotatable bonds is 10. The van der Waals surface area contributed by atoms with Crippen molar-refractivity contribution in [1.82, 2.24) is 15.0 Å². The Hall–Kier alpha value is -8.15. The number of hydrogen-bond donors (Lipinski definition) is 0. The Labute approximate surface area is 368 Å². The molecule has 9 aromatic rings. The molecule has 0 saturated carbocycles. The van der Waals surface area contributed by atoms with Crippen molar-refractivity contribution in [1.29, 1.82) is 0 Å². The second-order valence-corrected chi connectivity index (χ2v) is 15.7. The Kier molecular flexibility index (Phi) is 11.0. The van der Waals surface area contributed by atoms with E-state index in [2.05, 4.69) is 186 Å². The van der Waals surface area contributed by atoms with Crippen molar-refractivity contribution in [2.75, 3.05) is 0 Å². The first-order valence-electron chi connectivity index (χ1n) is 21.4. The van der Waals surface area contributed by atoms with Crippen LogP contribution in [-0.2, 0) is 0 Å². The van der Waals surface area contributed by atoms with Crippen LogP contribution in [-0.4, -0.2) is 26.5 Å². The number of nitrogens with zero attached hydrogens (tertiary/aromatic N) is 5. The van der Waals surface area contributed by atoms with Crippen molar-refractivity contribution < 1.29 is 0 Å². The van der Waals surface area contributed by atoms with Gasteiger partial charge in [0.2, 0.25) is 0 Å². The molecule has 63 heavy (non-hydrogen) atoms. The van der Waals surface area contributed by atoms with Crippen molar-refractivity contribution in [3.8, 4) is 66.8 Å². The van der Waals surface area contributed by atoms with E-state index in [1.807, 2.05) is 49.2 Å². The van der Waals surface area contributed by atoms with Crippen molar-refractivity contribution >= 4 is 17.2 Å². The molecule has 0 N–H and O–H groups in total. The molecule has 0 spiro atoms. The minimum absolute atomic E-state index is 0.658. The van der Waals surface area contributed by atoms with Crippen molar-refractivity contribution in [2.45, 2.75) is 19.8 Å². The van der Waals surface area contributed by atoms with Crippen molar-refractivity contribution in [3.63, 3.8) is 0 Å². The second-order valence-electron chi connectivity index (χ2n) is 15.7. The molecule has 0 fully saturated rings. The maximum Gasteiger partial charge on any atom is 0.160 e. The second kappa shape index (κ2) is 17.8. The molecule has 1 aliphatic heterocycles.